The minimum Gasteiger partial charge on any atom is -0.388 e. The molecule has 4 aromatic heterocycles. The Hall–Kier alpha value is -6.69. The Morgan fingerprint density at radius 1 is 0.591 bits per heavy atom. The Kier molecular flexibility index (Phi) is 9.38. The van der Waals surface area contributed by atoms with Gasteiger partial charge >= 0.3 is 0 Å². The van der Waals surface area contributed by atoms with Crippen molar-refractivity contribution in [2.75, 3.05) is 36.0 Å². The number of rotatable bonds is 8. The molecule has 2 aliphatic carbocycles. The van der Waals surface area contributed by atoms with E-state index in [0.29, 0.717) is 47.4 Å². The molecular weight excluding hydrogens is 821 g/mol. The quantitative estimate of drug-likeness (QED) is 0.144. The molecule has 4 aliphatic rings. The van der Waals surface area contributed by atoms with Crippen LogP contribution in [-0.2, 0) is 10.8 Å². The average molecular weight is 875 g/mol. The van der Waals surface area contributed by atoms with Crippen molar-refractivity contribution in [1.82, 2.24) is 29.2 Å². The third-order valence-corrected chi connectivity index (χ3v) is 15.4. The number of benzene rings is 4. The molecule has 2 N–H and O–H groups in total. The molecule has 12 rings (SSSR count). The Labute approximate surface area is 384 Å². The molecule has 4 aromatic carbocycles. The predicted molar refractivity (Wildman–Crippen MR) is 258 cm³/mol. The lowest BCUT2D eigenvalue weighted by molar-refractivity contribution is 0.103. The van der Waals surface area contributed by atoms with Gasteiger partial charge in [0.05, 0.1) is 12.2 Å². The molecule has 2 saturated heterocycles. The first-order valence-electron chi connectivity index (χ1n) is 23.6. The van der Waals surface area contributed by atoms with E-state index in [1.807, 2.05) is 12.1 Å². The van der Waals surface area contributed by atoms with Gasteiger partial charge in [-0.1, -0.05) is 100 Å². The molecule has 0 saturated carbocycles. The number of hydrogen-bond acceptors (Lipinski definition) is 9. The van der Waals surface area contributed by atoms with Gasteiger partial charge in [0, 0.05) is 61.5 Å². The van der Waals surface area contributed by atoms with E-state index in [0.717, 1.165) is 72.9 Å². The second-order valence-corrected chi connectivity index (χ2v) is 20.0. The zero-order valence-corrected chi connectivity index (χ0v) is 37.9. The lowest BCUT2D eigenvalue weighted by Gasteiger charge is -2.25. The Morgan fingerprint density at radius 2 is 1.03 bits per heavy atom. The topological polar surface area (TPSA) is 124 Å². The standard InChI is InChI=1S/C55H54N8O3/c1-33(2)37-9-5-7-11-39(37)35-13-15-43-41(25-35)47(64)29-54(43)19-23-60(31-54)51-27-49-56-45(17-21-62(49)58-51)53(66)46-18-22-63-50(57-46)28-52(59-63)61-24-20-55(32-61)30-48(65)42-26-36(14-16-44(42)55)40-12-8-6-10-38(40)34(3)4/h5-18,21-22,25-28,33-34,47-48,64-65H,19-20,23-24,29-32H2,1-4H3. The van der Waals surface area contributed by atoms with Crippen molar-refractivity contribution in [3.05, 3.63) is 166 Å². The Morgan fingerprint density at radius 3 is 1.47 bits per heavy atom. The van der Waals surface area contributed by atoms with Crippen molar-refractivity contribution in [3.63, 3.8) is 0 Å². The summed E-state index contributed by atoms with van der Waals surface area (Å²) in [7, 11) is 0. The number of aliphatic hydroxyl groups excluding tert-OH is 2. The van der Waals surface area contributed by atoms with Crippen molar-refractivity contribution in [1.29, 1.82) is 0 Å². The second-order valence-electron chi connectivity index (χ2n) is 20.0. The molecule has 4 atom stereocenters. The van der Waals surface area contributed by atoms with E-state index in [1.54, 1.807) is 33.6 Å². The third-order valence-electron chi connectivity index (χ3n) is 15.4. The number of hydrogen-bond donors (Lipinski definition) is 2. The molecule has 6 heterocycles. The second kappa shape index (κ2) is 15.2. The highest BCUT2D eigenvalue weighted by atomic mass is 16.3. The van der Waals surface area contributed by atoms with Crippen molar-refractivity contribution < 1.29 is 15.0 Å². The van der Waals surface area contributed by atoms with Crippen LogP contribution >= 0.6 is 0 Å². The number of ketones is 1. The molecule has 8 aromatic rings. The summed E-state index contributed by atoms with van der Waals surface area (Å²) in [6.45, 7) is 12.0. The summed E-state index contributed by atoms with van der Waals surface area (Å²) >= 11 is 0. The SMILES string of the molecule is CC(C)c1ccccc1-c1ccc2c(c1)C(O)CC21CCN(c2cc3nc(C(=O)c4ccn5nc(N6CCC7(CC(O)c8cc(-c9ccccc9C(C)C)ccc87)C6)cc5n4)ccn3n2)C1. The van der Waals surface area contributed by atoms with Crippen LogP contribution in [0.25, 0.3) is 33.5 Å². The van der Waals surface area contributed by atoms with Gasteiger partial charge in [0.25, 0.3) is 0 Å². The van der Waals surface area contributed by atoms with Crippen LogP contribution in [0.15, 0.2) is 122 Å². The van der Waals surface area contributed by atoms with E-state index < -0.39 is 12.2 Å². The molecule has 2 fully saturated rings. The van der Waals surface area contributed by atoms with Gasteiger partial charge in [0.15, 0.2) is 22.9 Å². The van der Waals surface area contributed by atoms with Gasteiger partial charge in [0.1, 0.15) is 11.4 Å². The minimum atomic E-state index is -0.518. The number of fused-ring (bicyclic) bond motifs is 6. The first-order valence-corrected chi connectivity index (χ1v) is 23.6. The molecule has 4 unspecified atom stereocenters. The fourth-order valence-corrected chi connectivity index (χ4v) is 12.0. The van der Waals surface area contributed by atoms with Crippen LogP contribution in [0.3, 0.4) is 0 Å². The van der Waals surface area contributed by atoms with Crippen molar-refractivity contribution in [3.8, 4) is 22.3 Å². The molecular formula is C55H54N8O3. The van der Waals surface area contributed by atoms with E-state index in [1.165, 1.54) is 33.4 Å². The van der Waals surface area contributed by atoms with Crippen molar-refractivity contribution in [2.24, 2.45) is 0 Å². The zero-order valence-electron chi connectivity index (χ0n) is 37.9. The first kappa shape index (κ1) is 40.8. The molecule has 2 spiro atoms. The molecule has 66 heavy (non-hydrogen) atoms. The number of aliphatic hydroxyl groups is 2. The minimum absolute atomic E-state index is 0.168. The van der Waals surface area contributed by atoms with Crippen LogP contribution in [0.5, 0.6) is 0 Å². The van der Waals surface area contributed by atoms with Crippen molar-refractivity contribution >= 4 is 28.7 Å². The highest BCUT2D eigenvalue weighted by Gasteiger charge is 2.49. The molecule has 2 aliphatic heterocycles. The van der Waals surface area contributed by atoms with Gasteiger partial charge in [-0.2, -0.15) is 0 Å². The molecule has 11 nitrogen and oxygen atoms in total. The summed E-state index contributed by atoms with van der Waals surface area (Å²) in [6, 6.07) is 37.8. The van der Waals surface area contributed by atoms with Gasteiger partial charge in [-0.25, -0.2) is 19.0 Å². The molecule has 0 radical (unpaired) electrons. The molecule has 332 valence electrons. The number of carbonyl (C=O) groups excluding carboxylic acids is 1. The van der Waals surface area contributed by atoms with Crippen LogP contribution in [0.4, 0.5) is 11.6 Å². The van der Waals surface area contributed by atoms with Crippen LogP contribution in [-0.4, -0.2) is 71.4 Å². The summed E-state index contributed by atoms with van der Waals surface area (Å²) in [5.41, 5.74) is 13.3. The Bertz CT molecular complexity index is 3030. The predicted octanol–water partition coefficient (Wildman–Crippen LogP) is 9.75. The molecule has 0 bridgehead atoms. The fraction of sp³-hybridized carbons (Fsp3) is 0.327. The third kappa shape index (κ3) is 6.49. The number of carbonyl (C=O) groups is 1. The van der Waals surface area contributed by atoms with Crippen LogP contribution in [0.2, 0.25) is 0 Å². The van der Waals surface area contributed by atoms with Crippen LogP contribution in [0.1, 0.15) is 127 Å². The normalized spacial score (nSPS) is 22.3. The van der Waals surface area contributed by atoms with Gasteiger partial charge in [-0.3, -0.25) is 4.79 Å². The highest BCUT2D eigenvalue weighted by Crippen LogP contribution is 2.53. The molecule has 0 amide bonds. The summed E-state index contributed by atoms with van der Waals surface area (Å²) in [5.74, 6) is 2.13. The van der Waals surface area contributed by atoms with Crippen LogP contribution in [0, 0.1) is 0 Å². The smallest absolute Gasteiger partial charge is 0.229 e. The Balaban J connectivity index is 0.750. The highest BCUT2D eigenvalue weighted by molar-refractivity contribution is 6.06. The average Bonchev–Trinajstić information content (AvgIpc) is 4.20. The van der Waals surface area contributed by atoms with E-state index >= 15 is 0 Å². The lowest BCUT2D eigenvalue weighted by atomic mass is 9.80. The fourth-order valence-electron chi connectivity index (χ4n) is 12.0. The van der Waals surface area contributed by atoms with Crippen molar-refractivity contribution in [2.45, 2.75) is 88.3 Å². The number of anilines is 2. The zero-order chi connectivity index (χ0) is 45.1. The summed E-state index contributed by atoms with van der Waals surface area (Å²) in [6.07, 6.45) is 5.74. The summed E-state index contributed by atoms with van der Waals surface area (Å²) in [4.78, 5) is 28.1. The van der Waals surface area contributed by atoms with Gasteiger partial charge in [0.2, 0.25) is 5.78 Å². The number of aromatic nitrogens is 6. The number of nitrogens with zero attached hydrogens (tertiary/aromatic N) is 8. The van der Waals surface area contributed by atoms with E-state index in [-0.39, 0.29) is 16.6 Å². The van der Waals surface area contributed by atoms with Gasteiger partial charge < -0.3 is 20.0 Å². The monoisotopic (exact) mass is 874 g/mol. The van der Waals surface area contributed by atoms with E-state index in [2.05, 4.69) is 122 Å². The van der Waals surface area contributed by atoms with E-state index in [9.17, 15) is 15.0 Å². The maximum atomic E-state index is 14.0. The maximum Gasteiger partial charge on any atom is 0.229 e. The lowest BCUT2D eigenvalue weighted by Crippen LogP contribution is -2.29. The summed E-state index contributed by atoms with van der Waals surface area (Å²) in [5, 5.41) is 32.7. The largest absolute Gasteiger partial charge is 0.388 e. The molecule has 11 heteroatoms. The van der Waals surface area contributed by atoms with Crippen LogP contribution < -0.4 is 9.80 Å². The summed E-state index contributed by atoms with van der Waals surface area (Å²) < 4.78 is 3.45. The van der Waals surface area contributed by atoms with Gasteiger partial charge in [-0.05, 0) is 117 Å². The van der Waals surface area contributed by atoms with Gasteiger partial charge in [-0.15, -0.1) is 10.2 Å². The maximum absolute atomic E-state index is 14.0. The van der Waals surface area contributed by atoms with E-state index in [4.69, 9.17) is 20.2 Å². The first-order chi connectivity index (χ1) is 32.0.